The first-order valence-corrected chi connectivity index (χ1v) is 10.3. The van der Waals surface area contributed by atoms with E-state index in [9.17, 15) is 20.1 Å². The van der Waals surface area contributed by atoms with Crippen molar-refractivity contribution in [2.24, 2.45) is 5.73 Å². The Balaban J connectivity index is 0.000000310. The van der Waals surface area contributed by atoms with Gasteiger partial charge in [0.2, 0.25) is 6.29 Å². The van der Waals surface area contributed by atoms with E-state index in [4.69, 9.17) is 31.9 Å². The molecule has 0 amide bonds. The molecule has 9 nitrogen and oxygen atoms in total. The number of ether oxygens (including phenoxy) is 2. The zero-order valence-corrected chi connectivity index (χ0v) is 17.0. The number of rotatable bonds is 3. The summed E-state index contributed by atoms with van der Waals surface area (Å²) in [5.74, 6) is -1.28. The first-order chi connectivity index (χ1) is 14.3. The lowest BCUT2D eigenvalue weighted by Crippen LogP contribution is -2.61. The number of carboxylic acids is 1. The summed E-state index contributed by atoms with van der Waals surface area (Å²) in [6, 6.07) is 7.25. The zero-order valence-electron chi connectivity index (χ0n) is 16.3. The van der Waals surface area contributed by atoms with Gasteiger partial charge >= 0.3 is 5.97 Å². The highest BCUT2D eigenvalue weighted by atomic mass is 35.5. The monoisotopic (exact) mass is 442 g/mol. The standard InChI is InChI=1S/C14H14ClNO7.C6H13N/c15-6-2-1-5-3-8(16-7(5)4-6)22-14-11(19)9(17)10(18)12(23-14)13(20)21;7-6-4-2-1-3-5-6/h1-4,9-12,14,16-19H,(H,20,21);6H,1-5,7H2/t9-,10-,11+,12-,14+;/m0./s1. The molecule has 1 saturated carbocycles. The molecule has 1 aliphatic heterocycles. The van der Waals surface area contributed by atoms with Crippen LogP contribution in [0.25, 0.3) is 10.9 Å². The van der Waals surface area contributed by atoms with Crippen LogP contribution >= 0.6 is 11.6 Å². The Kier molecular flexibility index (Phi) is 7.56. The molecule has 0 spiro atoms. The van der Waals surface area contributed by atoms with Crippen LogP contribution in [0.2, 0.25) is 5.02 Å². The molecule has 30 heavy (non-hydrogen) atoms. The highest BCUT2D eigenvalue weighted by Crippen LogP contribution is 2.27. The maximum atomic E-state index is 11.0. The molecule has 1 aliphatic carbocycles. The van der Waals surface area contributed by atoms with E-state index in [0.29, 0.717) is 16.6 Å². The van der Waals surface area contributed by atoms with E-state index in [1.54, 1.807) is 24.3 Å². The van der Waals surface area contributed by atoms with E-state index >= 15 is 0 Å². The number of nitrogens with two attached hydrogens (primary N) is 1. The maximum absolute atomic E-state index is 11.0. The van der Waals surface area contributed by atoms with E-state index in [0.717, 1.165) is 5.39 Å². The van der Waals surface area contributed by atoms with Crippen molar-refractivity contribution in [3.8, 4) is 5.88 Å². The van der Waals surface area contributed by atoms with Gasteiger partial charge in [-0.05, 0) is 25.0 Å². The Hall–Kier alpha value is -1.88. The van der Waals surface area contributed by atoms with Gasteiger partial charge in [0.05, 0.1) is 0 Å². The number of H-pyrrole nitrogens is 1. The lowest BCUT2D eigenvalue weighted by atomic mass is 9.97. The number of hydrogen-bond donors (Lipinski definition) is 6. The second-order valence-electron chi connectivity index (χ2n) is 7.62. The van der Waals surface area contributed by atoms with Crippen LogP contribution in [-0.2, 0) is 9.53 Å². The molecule has 166 valence electrons. The first kappa shape index (κ1) is 22.8. The number of carboxylic acid groups (broad SMARTS) is 1. The fraction of sp³-hybridized carbons (Fsp3) is 0.550. The van der Waals surface area contributed by atoms with Crippen molar-refractivity contribution in [3.05, 3.63) is 29.3 Å². The minimum absolute atomic E-state index is 0.194. The fourth-order valence-electron chi connectivity index (χ4n) is 3.54. The fourth-order valence-corrected chi connectivity index (χ4v) is 3.72. The van der Waals surface area contributed by atoms with Crippen LogP contribution in [0.15, 0.2) is 24.3 Å². The van der Waals surface area contributed by atoms with Crippen LogP contribution in [0.5, 0.6) is 5.88 Å². The topological polar surface area (TPSA) is 158 Å². The van der Waals surface area contributed by atoms with E-state index in [2.05, 4.69) is 4.98 Å². The summed E-state index contributed by atoms with van der Waals surface area (Å²) in [4.78, 5) is 13.9. The van der Waals surface area contributed by atoms with Gasteiger partial charge in [-0.25, -0.2) is 4.79 Å². The lowest BCUT2D eigenvalue weighted by Gasteiger charge is -2.38. The molecule has 2 aromatic rings. The lowest BCUT2D eigenvalue weighted by molar-refractivity contribution is -0.271. The first-order valence-electron chi connectivity index (χ1n) is 9.89. The molecule has 4 rings (SSSR count). The molecule has 2 aliphatic rings. The predicted octanol–water partition coefficient (Wildman–Crippen LogP) is 1.37. The number of aromatic amines is 1. The third kappa shape index (κ3) is 5.42. The van der Waals surface area contributed by atoms with Gasteiger partial charge in [0, 0.05) is 28.0 Å². The van der Waals surface area contributed by atoms with Crippen molar-refractivity contribution in [2.45, 2.75) is 68.9 Å². The van der Waals surface area contributed by atoms with Crippen molar-refractivity contribution in [2.75, 3.05) is 0 Å². The third-order valence-corrected chi connectivity index (χ3v) is 5.50. The van der Waals surface area contributed by atoms with Gasteiger partial charge < -0.3 is 40.6 Å². The Labute approximate surface area is 178 Å². The minimum Gasteiger partial charge on any atom is -0.479 e. The number of carbonyl (C=O) groups is 1. The number of benzene rings is 1. The molecule has 1 aromatic heterocycles. The van der Waals surface area contributed by atoms with Gasteiger partial charge in [0.1, 0.15) is 18.3 Å². The Morgan fingerprint density at radius 2 is 1.80 bits per heavy atom. The molecule has 10 heteroatoms. The summed E-state index contributed by atoms with van der Waals surface area (Å²) in [5, 5.41) is 39.5. The second-order valence-corrected chi connectivity index (χ2v) is 8.05. The highest BCUT2D eigenvalue weighted by molar-refractivity contribution is 6.31. The van der Waals surface area contributed by atoms with Gasteiger partial charge in [-0.15, -0.1) is 0 Å². The Morgan fingerprint density at radius 3 is 2.40 bits per heavy atom. The van der Waals surface area contributed by atoms with Crippen molar-refractivity contribution >= 4 is 28.5 Å². The summed E-state index contributed by atoms with van der Waals surface area (Å²) in [6.07, 6.45) is -1.60. The molecule has 7 N–H and O–H groups in total. The number of aliphatic hydroxyl groups is 3. The summed E-state index contributed by atoms with van der Waals surface area (Å²) in [6.45, 7) is 0. The molecule has 2 fully saturated rings. The van der Waals surface area contributed by atoms with Crippen molar-refractivity contribution < 1.29 is 34.7 Å². The largest absolute Gasteiger partial charge is 0.479 e. The Morgan fingerprint density at radius 1 is 1.10 bits per heavy atom. The number of halogens is 1. The summed E-state index contributed by atoms with van der Waals surface area (Å²) in [7, 11) is 0. The molecular weight excluding hydrogens is 416 g/mol. The summed E-state index contributed by atoms with van der Waals surface area (Å²) in [5.41, 5.74) is 6.31. The normalized spacial score (nSPS) is 29.8. The Bertz CT molecular complexity index is 855. The summed E-state index contributed by atoms with van der Waals surface area (Å²) >= 11 is 5.88. The van der Waals surface area contributed by atoms with Gasteiger partial charge in [0.25, 0.3) is 0 Å². The van der Waals surface area contributed by atoms with E-state index in [-0.39, 0.29) is 5.88 Å². The number of nitrogens with one attached hydrogen (secondary N) is 1. The molecule has 0 unspecified atom stereocenters. The average molecular weight is 443 g/mol. The van der Waals surface area contributed by atoms with Gasteiger partial charge in [-0.3, -0.25) is 0 Å². The minimum atomic E-state index is -1.76. The number of aliphatic hydroxyl groups excluding tert-OH is 3. The second kappa shape index (κ2) is 9.95. The number of aliphatic carboxylic acids is 1. The molecule has 0 radical (unpaired) electrons. The highest BCUT2D eigenvalue weighted by Gasteiger charge is 2.48. The van der Waals surface area contributed by atoms with Crippen molar-refractivity contribution in [1.29, 1.82) is 0 Å². The van der Waals surface area contributed by atoms with E-state index < -0.39 is 36.7 Å². The average Bonchev–Trinajstić information content (AvgIpc) is 3.10. The molecular formula is C20H27ClN2O7. The van der Waals surface area contributed by atoms with E-state index in [1.807, 2.05) is 0 Å². The van der Waals surface area contributed by atoms with E-state index in [1.165, 1.54) is 32.1 Å². The smallest absolute Gasteiger partial charge is 0.335 e. The predicted molar refractivity (Wildman–Crippen MR) is 109 cm³/mol. The van der Waals surface area contributed by atoms with Crippen molar-refractivity contribution in [3.63, 3.8) is 0 Å². The van der Waals surface area contributed by atoms with Crippen LogP contribution in [0.4, 0.5) is 0 Å². The maximum Gasteiger partial charge on any atom is 0.335 e. The SMILES string of the molecule is NC1CCCCC1.O=C(O)[C@H]1O[C@@H](Oc2cc3ccc(Cl)cc3[nH]2)[C@H](O)[C@@H](O)[C@@H]1O. The van der Waals surface area contributed by atoms with Crippen molar-refractivity contribution in [1.82, 2.24) is 4.98 Å². The quantitative estimate of drug-likeness (QED) is 0.415. The third-order valence-electron chi connectivity index (χ3n) is 5.27. The molecule has 2 heterocycles. The number of aromatic nitrogens is 1. The van der Waals surface area contributed by atoms with Gasteiger partial charge in [0.15, 0.2) is 12.0 Å². The van der Waals surface area contributed by atoms with Gasteiger partial charge in [-0.2, -0.15) is 0 Å². The van der Waals surface area contributed by atoms with Crippen LogP contribution in [-0.4, -0.2) is 68.1 Å². The molecule has 1 saturated heterocycles. The number of hydrogen-bond acceptors (Lipinski definition) is 7. The number of fused-ring (bicyclic) bond motifs is 1. The summed E-state index contributed by atoms with van der Waals surface area (Å²) < 4.78 is 10.4. The van der Waals surface area contributed by atoms with Crippen LogP contribution in [0, 0.1) is 0 Å². The van der Waals surface area contributed by atoms with Gasteiger partial charge in [-0.1, -0.05) is 36.9 Å². The zero-order chi connectivity index (χ0) is 21.8. The van der Waals surface area contributed by atoms with Crippen LogP contribution in [0.3, 0.4) is 0 Å². The van der Waals surface area contributed by atoms with Crippen LogP contribution in [0.1, 0.15) is 32.1 Å². The molecule has 5 atom stereocenters. The van der Waals surface area contributed by atoms with Crippen LogP contribution < -0.4 is 10.5 Å². The molecule has 1 aromatic carbocycles. The molecule has 0 bridgehead atoms.